The van der Waals surface area contributed by atoms with E-state index in [0.717, 1.165) is 11.3 Å². The molecule has 6 nitrogen and oxygen atoms in total. The normalized spacial score (nSPS) is 11.0. The van der Waals surface area contributed by atoms with Gasteiger partial charge in [-0.25, -0.2) is 4.52 Å². The summed E-state index contributed by atoms with van der Waals surface area (Å²) in [4.78, 5) is 17.2. The summed E-state index contributed by atoms with van der Waals surface area (Å²) in [5.41, 5.74) is 3.12. The van der Waals surface area contributed by atoms with Crippen LogP contribution in [0.1, 0.15) is 5.56 Å². The Kier molecular flexibility index (Phi) is 5.21. The maximum absolute atomic E-state index is 12.2. The van der Waals surface area contributed by atoms with Gasteiger partial charge in [0.15, 0.2) is 6.61 Å². The number of fused-ring (bicyclic) bond motifs is 1. The van der Waals surface area contributed by atoms with Gasteiger partial charge in [0, 0.05) is 22.0 Å². The average Bonchev–Trinajstić information content (AvgIpc) is 3.23. The first-order chi connectivity index (χ1) is 13.5. The Balaban J connectivity index is 1.47. The summed E-state index contributed by atoms with van der Waals surface area (Å²) in [6.07, 6.45) is 0. The molecular formula is C19H14Cl2N4O2S. The average molecular weight is 433 g/mol. The van der Waals surface area contributed by atoms with Crippen molar-refractivity contribution in [2.24, 2.45) is 0 Å². The summed E-state index contributed by atoms with van der Waals surface area (Å²) >= 11 is 13.4. The molecule has 9 heteroatoms. The number of halogens is 2. The van der Waals surface area contributed by atoms with E-state index in [1.54, 1.807) is 22.7 Å². The number of thiazole rings is 1. The van der Waals surface area contributed by atoms with Crippen molar-refractivity contribution >= 4 is 51.4 Å². The van der Waals surface area contributed by atoms with E-state index < -0.39 is 5.91 Å². The maximum atomic E-state index is 12.2. The lowest BCUT2D eigenvalue weighted by atomic mass is 10.1. The van der Waals surface area contributed by atoms with Gasteiger partial charge in [-0.2, -0.15) is 4.98 Å². The van der Waals surface area contributed by atoms with Crippen molar-refractivity contribution in [1.29, 1.82) is 0 Å². The highest BCUT2D eigenvalue weighted by atomic mass is 35.5. The van der Waals surface area contributed by atoms with Gasteiger partial charge in [0.2, 0.25) is 4.96 Å². The van der Waals surface area contributed by atoms with Gasteiger partial charge in [-0.05, 0) is 19.1 Å². The summed E-state index contributed by atoms with van der Waals surface area (Å²) < 4.78 is 7.13. The molecule has 0 atom stereocenters. The standard InChI is InChI=1S/C19H14Cl2N4O2S/c1-11-2-4-12(5-3-11)15-10-28-19-23-18(24-25(15)19)22-17(26)9-27-16-8-13(20)6-7-14(16)21/h2-8,10H,9H2,1H3,(H,22,24,26). The van der Waals surface area contributed by atoms with Crippen molar-refractivity contribution < 1.29 is 9.53 Å². The van der Waals surface area contributed by atoms with Gasteiger partial charge < -0.3 is 4.74 Å². The number of nitrogens with zero attached hydrogens (tertiary/aromatic N) is 3. The molecule has 0 saturated carbocycles. The Labute approximate surface area is 174 Å². The third-order valence-corrected chi connectivity index (χ3v) is 5.30. The molecule has 0 aliphatic rings. The topological polar surface area (TPSA) is 68.5 Å². The van der Waals surface area contributed by atoms with Crippen LogP contribution in [0.3, 0.4) is 0 Å². The van der Waals surface area contributed by atoms with Gasteiger partial charge in [-0.3, -0.25) is 10.1 Å². The van der Waals surface area contributed by atoms with Crippen LogP contribution in [0.25, 0.3) is 16.2 Å². The van der Waals surface area contributed by atoms with Crippen LogP contribution in [-0.4, -0.2) is 27.1 Å². The van der Waals surface area contributed by atoms with Crippen molar-refractivity contribution in [3.63, 3.8) is 0 Å². The van der Waals surface area contributed by atoms with Gasteiger partial charge in [-0.1, -0.05) is 53.0 Å². The van der Waals surface area contributed by atoms with E-state index in [2.05, 4.69) is 15.4 Å². The molecule has 0 aliphatic carbocycles. The molecule has 4 aromatic rings. The number of rotatable bonds is 5. The van der Waals surface area contributed by atoms with Crippen molar-refractivity contribution in [1.82, 2.24) is 14.6 Å². The quantitative estimate of drug-likeness (QED) is 0.476. The molecule has 1 N–H and O–H groups in total. The first-order valence-electron chi connectivity index (χ1n) is 8.28. The fraction of sp³-hybridized carbons (Fsp3) is 0.105. The molecule has 0 bridgehead atoms. The predicted molar refractivity (Wildman–Crippen MR) is 112 cm³/mol. The monoisotopic (exact) mass is 432 g/mol. The molecule has 0 aliphatic heterocycles. The smallest absolute Gasteiger partial charge is 0.264 e. The van der Waals surface area contributed by atoms with Gasteiger partial charge >= 0.3 is 0 Å². The van der Waals surface area contributed by atoms with Crippen LogP contribution >= 0.6 is 34.5 Å². The second-order valence-corrected chi connectivity index (χ2v) is 7.71. The van der Waals surface area contributed by atoms with Crippen molar-refractivity contribution in [3.05, 3.63) is 63.5 Å². The van der Waals surface area contributed by atoms with E-state index in [1.807, 2.05) is 36.6 Å². The number of hydrogen-bond donors (Lipinski definition) is 1. The summed E-state index contributed by atoms with van der Waals surface area (Å²) in [5, 5.41) is 9.84. The third-order valence-electron chi connectivity index (χ3n) is 3.93. The summed E-state index contributed by atoms with van der Waals surface area (Å²) in [6, 6.07) is 12.9. The maximum Gasteiger partial charge on any atom is 0.264 e. The number of carbonyl (C=O) groups excluding carboxylic acids is 1. The Morgan fingerprint density at radius 3 is 2.79 bits per heavy atom. The van der Waals surface area contributed by atoms with Gasteiger partial charge in [0.25, 0.3) is 11.9 Å². The minimum atomic E-state index is -0.397. The zero-order valence-electron chi connectivity index (χ0n) is 14.6. The lowest BCUT2D eigenvalue weighted by molar-refractivity contribution is -0.118. The fourth-order valence-electron chi connectivity index (χ4n) is 2.55. The Bertz CT molecular complexity index is 1150. The first-order valence-corrected chi connectivity index (χ1v) is 9.92. The van der Waals surface area contributed by atoms with Crippen LogP contribution in [0.2, 0.25) is 10.0 Å². The van der Waals surface area contributed by atoms with Gasteiger partial charge in [-0.15, -0.1) is 16.4 Å². The van der Waals surface area contributed by atoms with Crippen LogP contribution in [0.15, 0.2) is 47.8 Å². The molecule has 0 radical (unpaired) electrons. The van der Waals surface area contributed by atoms with Crippen LogP contribution < -0.4 is 10.1 Å². The van der Waals surface area contributed by atoms with Crippen LogP contribution in [-0.2, 0) is 4.79 Å². The number of nitrogens with one attached hydrogen (secondary N) is 1. The van der Waals surface area contributed by atoms with E-state index in [-0.39, 0.29) is 12.6 Å². The fourth-order valence-corrected chi connectivity index (χ4v) is 3.71. The lowest BCUT2D eigenvalue weighted by Crippen LogP contribution is -2.21. The SMILES string of the molecule is Cc1ccc(-c2csc3nc(NC(=O)COc4cc(Cl)ccc4Cl)nn23)cc1. The molecule has 1 amide bonds. The molecule has 4 rings (SSSR count). The largest absolute Gasteiger partial charge is 0.482 e. The van der Waals surface area contributed by atoms with E-state index in [0.29, 0.717) is 20.8 Å². The highest BCUT2D eigenvalue weighted by Gasteiger charge is 2.14. The van der Waals surface area contributed by atoms with Crippen molar-refractivity contribution in [2.75, 3.05) is 11.9 Å². The summed E-state index contributed by atoms with van der Waals surface area (Å²) in [5.74, 6) is 0.155. The molecule has 0 fully saturated rings. The van der Waals surface area contributed by atoms with Gasteiger partial charge in [0.1, 0.15) is 5.75 Å². The van der Waals surface area contributed by atoms with Crippen LogP contribution in [0, 0.1) is 6.92 Å². The van der Waals surface area contributed by atoms with E-state index in [9.17, 15) is 4.79 Å². The van der Waals surface area contributed by atoms with E-state index in [4.69, 9.17) is 27.9 Å². The number of aromatic nitrogens is 3. The zero-order valence-corrected chi connectivity index (χ0v) is 17.0. The van der Waals surface area contributed by atoms with E-state index >= 15 is 0 Å². The number of aryl methyl sites for hydroxylation is 1. The molecule has 2 aromatic heterocycles. The number of hydrogen-bond acceptors (Lipinski definition) is 5. The highest BCUT2D eigenvalue weighted by Crippen LogP contribution is 2.28. The molecule has 28 heavy (non-hydrogen) atoms. The molecule has 2 heterocycles. The Morgan fingerprint density at radius 1 is 1.21 bits per heavy atom. The third kappa shape index (κ3) is 3.96. The second kappa shape index (κ2) is 7.79. The second-order valence-electron chi connectivity index (χ2n) is 6.03. The lowest BCUT2D eigenvalue weighted by Gasteiger charge is -2.07. The van der Waals surface area contributed by atoms with Crippen molar-refractivity contribution in [3.8, 4) is 17.0 Å². The molecule has 142 valence electrons. The molecule has 2 aromatic carbocycles. The number of ether oxygens (including phenoxy) is 1. The molecule has 0 saturated heterocycles. The number of benzene rings is 2. The zero-order chi connectivity index (χ0) is 19.7. The van der Waals surface area contributed by atoms with E-state index in [1.165, 1.54) is 16.9 Å². The minimum Gasteiger partial charge on any atom is -0.482 e. The Morgan fingerprint density at radius 2 is 2.00 bits per heavy atom. The van der Waals surface area contributed by atoms with Crippen LogP contribution in [0.4, 0.5) is 5.95 Å². The first kappa shape index (κ1) is 18.7. The summed E-state index contributed by atoms with van der Waals surface area (Å²) in [7, 11) is 0. The predicted octanol–water partition coefficient (Wildman–Crippen LogP) is 5.09. The van der Waals surface area contributed by atoms with Crippen molar-refractivity contribution in [2.45, 2.75) is 6.92 Å². The number of amides is 1. The summed E-state index contributed by atoms with van der Waals surface area (Å²) in [6.45, 7) is 1.80. The van der Waals surface area contributed by atoms with Crippen LogP contribution in [0.5, 0.6) is 5.75 Å². The highest BCUT2D eigenvalue weighted by molar-refractivity contribution is 7.15. The Hall–Kier alpha value is -2.61. The molecular weight excluding hydrogens is 419 g/mol. The number of carbonyl (C=O) groups is 1. The molecule has 0 spiro atoms. The minimum absolute atomic E-state index is 0.214. The number of anilines is 1. The van der Waals surface area contributed by atoms with Gasteiger partial charge in [0.05, 0.1) is 10.7 Å². The molecule has 0 unspecified atom stereocenters.